The zero-order valence-corrected chi connectivity index (χ0v) is 24.4. The maximum atomic E-state index is 12.7. The third-order valence-corrected chi connectivity index (χ3v) is 12.4. The second kappa shape index (κ2) is 8.20. The van der Waals surface area contributed by atoms with Gasteiger partial charge in [-0.1, -0.05) is 52.3 Å². The van der Waals surface area contributed by atoms with E-state index in [9.17, 15) is 14.7 Å². The lowest BCUT2D eigenvalue weighted by molar-refractivity contribution is -0.175. The number of carbonyl (C=O) groups is 2. The number of hydrogen-bond donors (Lipinski definition) is 1. The van der Waals surface area contributed by atoms with Gasteiger partial charge in [0.25, 0.3) is 0 Å². The Morgan fingerprint density at radius 1 is 1.05 bits per heavy atom. The largest absolute Gasteiger partial charge is 0.504 e. The van der Waals surface area contributed by atoms with Crippen LogP contribution in [0.2, 0.25) is 0 Å². The Morgan fingerprint density at radius 2 is 1.73 bits per heavy atom. The molecule has 1 amide bonds. The van der Waals surface area contributed by atoms with Crippen LogP contribution >= 0.6 is 0 Å². The molecule has 0 unspecified atom stereocenters. The minimum absolute atomic E-state index is 0.0483. The van der Waals surface area contributed by atoms with Gasteiger partial charge in [-0.05, 0) is 103 Å². The molecule has 0 aromatic heterocycles. The van der Waals surface area contributed by atoms with E-state index in [0.717, 1.165) is 37.0 Å². The average Bonchev–Trinajstić information content (AvgIpc) is 2.84. The maximum Gasteiger partial charge on any atom is 0.220 e. The van der Waals surface area contributed by atoms with Gasteiger partial charge >= 0.3 is 0 Å². The predicted molar refractivity (Wildman–Crippen MR) is 149 cm³/mol. The zero-order valence-electron chi connectivity index (χ0n) is 24.4. The van der Waals surface area contributed by atoms with Gasteiger partial charge in [0, 0.05) is 31.5 Å². The first-order valence-corrected chi connectivity index (χ1v) is 14.5. The van der Waals surface area contributed by atoms with E-state index in [2.05, 4.69) is 46.8 Å². The lowest BCUT2D eigenvalue weighted by Gasteiger charge is -2.71. The zero-order chi connectivity index (χ0) is 27.2. The van der Waals surface area contributed by atoms with Crippen molar-refractivity contribution in [2.24, 2.45) is 33.0 Å². The molecule has 5 rings (SSSR count). The van der Waals surface area contributed by atoms with E-state index in [1.807, 2.05) is 18.9 Å². The molecule has 0 aromatic carbocycles. The monoisotopic (exact) mass is 505 g/mol. The Morgan fingerprint density at radius 3 is 2.38 bits per heavy atom. The second-order valence-corrected chi connectivity index (χ2v) is 14.3. The fourth-order valence-corrected chi connectivity index (χ4v) is 9.92. The summed E-state index contributed by atoms with van der Waals surface area (Å²) in [5.74, 6) is 0.401. The minimum Gasteiger partial charge on any atom is -0.504 e. The number of ketones is 1. The van der Waals surface area contributed by atoms with Crippen molar-refractivity contribution in [1.82, 2.24) is 4.90 Å². The van der Waals surface area contributed by atoms with Gasteiger partial charge < -0.3 is 10.0 Å². The van der Waals surface area contributed by atoms with Crippen molar-refractivity contribution in [2.75, 3.05) is 13.6 Å². The smallest absolute Gasteiger partial charge is 0.220 e. The number of allylic oxidation sites excluding steroid dienone is 7. The number of fused-ring (bicyclic) bond motifs is 7. The van der Waals surface area contributed by atoms with Crippen molar-refractivity contribution in [3.63, 3.8) is 0 Å². The number of rotatable bonds is 3. The van der Waals surface area contributed by atoms with Gasteiger partial charge in [0.1, 0.15) is 0 Å². The molecule has 0 saturated heterocycles. The first-order valence-electron chi connectivity index (χ1n) is 14.5. The summed E-state index contributed by atoms with van der Waals surface area (Å²) < 4.78 is 0. The molecule has 5 aliphatic rings. The highest BCUT2D eigenvalue weighted by molar-refractivity contribution is 6.06. The third-order valence-electron chi connectivity index (χ3n) is 12.4. The molecule has 3 saturated carbocycles. The minimum atomic E-state index is -0.251. The van der Waals surface area contributed by atoms with Crippen LogP contribution in [-0.2, 0) is 9.59 Å². The molecule has 4 nitrogen and oxygen atoms in total. The van der Waals surface area contributed by atoms with E-state index in [1.165, 1.54) is 37.7 Å². The van der Waals surface area contributed by atoms with Crippen molar-refractivity contribution in [1.29, 1.82) is 0 Å². The Bertz CT molecular complexity index is 1190. The highest BCUT2D eigenvalue weighted by atomic mass is 16.3. The molecule has 0 aliphatic heterocycles. The molecule has 37 heavy (non-hydrogen) atoms. The van der Waals surface area contributed by atoms with Crippen LogP contribution in [0.25, 0.3) is 0 Å². The van der Waals surface area contributed by atoms with Crippen molar-refractivity contribution in [3.8, 4) is 0 Å². The number of nitrogens with zero attached hydrogens (tertiary/aromatic N) is 1. The number of amides is 1. The lowest BCUT2D eigenvalue weighted by Crippen LogP contribution is -2.63. The van der Waals surface area contributed by atoms with E-state index in [0.29, 0.717) is 16.9 Å². The molecule has 0 bridgehead atoms. The number of carbonyl (C=O) groups excluding carboxylic acids is 2. The summed E-state index contributed by atoms with van der Waals surface area (Å²) in [7, 11) is 1.96. The fourth-order valence-electron chi connectivity index (χ4n) is 9.92. The topological polar surface area (TPSA) is 57.6 Å². The van der Waals surface area contributed by atoms with Crippen LogP contribution in [0.3, 0.4) is 0 Å². The van der Waals surface area contributed by atoms with Crippen LogP contribution in [0.15, 0.2) is 46.3 Å². The molecular weight excluding hydrogens is 458 g/mol. The predicted octanol–water partition coefficient (Wildman–Crippen LogP) is 7.48. The molecule has 5 aliphatic carbocycles. The van der Waals surface area contributed by atoms with Crippen LogP contribution in [0.1, 0.15) is 99.8 Å². The van der Waals surface area contributed by atoms with E-state index in [-0.39, 0.29) is 39.1 Å². The van der Waals surface area contributed by atoms with E-state index >= 15 is 0 Å². The van der Waals surface area contributed by atoms with Crippen molar-refractivity contribution in [2.45, 2.75) is 99.8 Å². The number of hydrogen-bond acceptors (Lipinski definition) is 3. The van der Waals surface area contributed by atoms with Crippen molar-refractivity contribution in [3.05, 3.63) is 46.3 Å². The van der Waals surface area contributed by atoms with Gasteiger partial charge in [0.15, 0.2) is 5.76 Å². The maximum absolute atomic E-state index is 12.7. The fraction of sp³-hybridized carbons (Fsp3) is 0.697. The summed E-state index contributed by atoms with van der Waals surface area (Å²) >= 11 is 0. The second-order valence-electron chi connectivity index (χ2n) is 14.3. The normalized spacial score (nSPS) is 43.0. The van der Waals surface area contributed by atoms with Crippen LogP contribution < -0.4 is 0 Å². The third kappa shape index (κ3) is 3.46. The number of aliphatic hydroxyl groups is 1. The van der Waals surface area contributed by atoms with Gasteiger partial charge in [0.05, 0.1) is 0 Å². The van der Waals surface area contributed by atoms with Gasteiger partial charge in [-0.3, -0.25) is 9.59 Å². The van der Waals surface area contributed by atoms with E-state index < -0.39 is 0 Å². The molecule has 3 fully saturated rings. The first kappa shape index (κ1) is 26.5. The van der Waals surface area contributed by atoms with Crippen LogP contribution in [0.5, 0.6) is 0 Å². The molecule has 0 heterocycles. The van der Waals surface area contributed by atoms with E-state index in [4.69, 9.17) is 0 Å². The Kier molecular flexibility index (Phi) is 5.87. The van der Waals surface area contributed by atoms with E-state index in [1.54, 1.807) is 13.0 Å². The summed E-state index contributed by atoms with van der Waals surface area (Å²) in [4.78, 5) is 26.8. The SMILES string of the molecule is CC[C@@]12CC[C@@]3(C)C4=CC(=O)C(O)=C(C)C4=CC=C3[C@@]1(C)CC[C@@]1(C)CC[C@@](C)(CN(C)C(C)=O)C[C@H]12. The Hall–Kier alpha value is -2.10. The van der Waals surface area contributed by atoms with Gasteiger partial charge in [-0.25, -0.2) is 0 Å². The molecule has 0 radical (unpaired) electrons. The highest BCUT2D eigenvalue weighted by Gasteiger charge is 2.67. The molecular formula is C33H47NO3. The van der Waals surface area contributed by atoms with Crippen molar-refractivity contribution < 1.29 is 14.7 Å². The van der Waals surface area contributed by atoms with Gasteiger partial charge in [-0.2, -0.15) is 0 Å². The summed E-state index contributed by atoms with van der Waals surface area (Å²) in [6.45, 7) is 16.7. The molecule has 0 spiro atoms. The Balaban J connectivity index is 1.61. The van der Waals surface area contributed by atoms with Crippen LogP contribution in [0.4, 0.5) is 0 Å². The molecule has 4 heteroatoms. The molecule has 1 N–H and O–H groups in total. The Labute approximate surface area is 224 Å². The standard InChI is InChI=1S/C33H47NO3/c1-9-33-17-15-31(6)24-18-25(36)28(37)21(2)23(24)10-11-26(31)32(33,7)16-14-30(5)13-12-29(4,19-27(30)33)20-34(8)22(3)35/h10-11,18,27,37H,9,12-17,19-20H2,1-8H3/t27-,29-,30-,31+,32-,33+/m1/s1. The first-order chi connectivity index (χ1) is 17.2. The average molecular weight is 506 g/mol. The van der Waals surface area contributed by atoms with Gasteiger partial charge in [0.2, 0.25) is 11.7 Å². The quantitative estimate of drug-likeness (QED) is 0.432. The summed E-state index contributed by atoms with van der Waals surface area (Å²) in [6.07, 6.45) is 15.6. The summed E-state index contributed by atoms with van der Waals surface area (Å²) in [5, 5.41) is 10.4. The summed E-state index contributed by atoms with van der Waals surface area (Å²) in [6, 6.07) is 0. The molecule has 0 aromatic rings. The lowest BCUT2D eigenvalue weighted by atomic mass is 9.33. The van der Waals surface area contributed by atoms with Gasteiger partial charge in [-0.15, -0.1) is 0 Å². The molecule has 6 atom stereocenters. The van der Waals surface area contributed by atoms with Crippen LogP contribution in [-0.4, -0.2) is 35.3 Å². The summed E-state index contributed by atoms with van der Waals surface area (Å²) in [5.41, 5.74) is 4.89. The highest BCUT2D eigenvalue weighted by Crippen LogP contribution is 2.76. The van der Waals surface area contributed by atoms with Crippen LogP contribution in [0, 0.1) is 33.0 Å². The molecule has 202 valence electrons. The van der Waals surface area contributed by atoms with Crippen molar-refractivity contribution >= 4 is 11.7 Å². The number of aliphatic hydroxyl groups excluding tert-OH is 1.